The van der Waals surface area contributed by atoms with Crippen LogP contribution in [0.2, 0.25) is 0 Å². The van der Waals surface area contributed by atoms with Crippen LogP contribution in [-0.2, 0) is 4.74 Å². The summed E-state index contributed by atoms with van der Waals surface area (Å²) in [5.74, 6) is 2.59. The highest BCUT2D eigenvalue weighted by Crippen LogP contribution is 2.70. The largest absolute Gasteiger partial charge is 0.393 e. The zero-order valence-corrected chi connectivity index (χ0v) is 14.1. The van der Waals surface area contributed by atoms with E-state index in [0.29, 0.717) is 10.8 Å². The number of hydrogen-bond donors (Lipinski definition) is 1. The second-order valence-corrected chi connectivity index (χ2v) is 9.43. The molecule has 0 bridgehead atoms. The molecule has 0 aromatic carbocycles. The Morgan fingerprint density at radius 2 is 1.86 bits per heavy atom. The summed E-state index contributed by atoms with van der Waals surface area (Å²) in [7, 11) is 0. The van der Waals surface area contributed by atoms with Crippen LogP contribution in [0, 0.1) is 28.6 Å². The van der Waals surface area contributed by atoms with E-state index in [1.165, 1.54) is 38.5 Å². The van der Waals surface area contributed by atoms with E-state index in [1.54, 1.807) is 5.57 Å². The van der Waals surface area contributed by atoms with Crippen molar-refractivity contribution in [1.82, 2.24) is 0 Å². The van der Waals surface area contributed by atoms with Gasteiger partial charge in [-0.1, -0.05) is 25.5 Å². The molecule has 1 saturated heterocycles. The number of ether oxygens (including phenoxy) is 1. The Labute approximate surface area is 134 Å². The molecule has 0 amide bonds. The highest BCUT2D eigenvalue weighted by Gasteiger charge is 2.69. The van der Waals surface area contributed by atoms with E-state index < -0.39 is 0 Å². The molecule has 5 aliphatic rings. The molecule has 1 heterocycles. The van der Waals surface area contributed by atoms with Crippen molar-refractivity contribution in [2.24, 2.45) is 28.6 Å². The lowest BCUT2D eigenvalue weighted by Crippen LogP contribution is -2.51. The fourth-order valence-electron chi connectivity index (χ4n) is 7.30. The van der Waals surface area contributed by atoms with E-state index in [9.17, 15) is 5.11 Å². The highest BCUT2D eigenvalue weighted by molar-refractivity contribution is 5.27. The van der Waals surface area contributed by atoms with Gasteiger partial charge in [-0.2, -0.15) is 0 Å². The van der Waals surface area contributed by atoms with E-state index in [4.69, 9.17) is 4.74 Å². The number of aliphatic hydroxyl groups is 1. The minimum absolute atomic E-state index is 0.0839. The van der Waals surface area contributed by atoms with Crippen molar-refractivity contribution in [3.8, 4) is 0 Å². The molecule has 5 rings (SSSR count). The van der Waals surface area contributed by atoms with Crippen molar-refractivity contribution in [2.45, 2.75) is 76.9 Å². The van der Waals surface area contributed by atoms with Crippen LogP contribution >= 0.6 is 0 Å². The Hall–Kier alpha value is -0.340. The van der Waals surface area contributed by atoms with Crippen molar-refractivity contribution < 1.29 is 9.84 Å². The molecule has 4 fully saturated rings. The fourth-order valence-corrected chi connectivity index (χ4v) is 7.30. The van der Waals surface area contributed by atoms with Crippen LogP contribution in [0.5, 0.6) is 0 Å². The summed E-state index contributed by atoms with van der Waals surface area (Å²) < 4.78 is 6.01. The Balaban J connectivity index is 1.51. The molecule has 1 spiro atoms. The molecule has 122 valence electrons. The second-order valence-electron chi connectivity index (χ2n) is 9.43. The number of hydrogen-bond acceptors (Lipinski definition) is 2. The first-order chi connectivity index (χ1) is 10.5. The van der Waals surface area contributed by atoms with E-state index in [2.05, 4.69) is 19.9 Å². The maximum Gasteiger partial charge on any atom is 0.0972 e. The predicted octanol–water partition coefficient (Wildman–Crippen LogP) is 4.08. The summed E-state index contributed by atoms with van der Waals surface area (Å²) in [6.45, 7) is 6.09. The van der Waals surface area contributed by atoms with Crippen LogP contribution in [0.1, 0.15) is 65.2 Å². The number of epoxide rings is 1. The van der Waals surface area contributed by atoms with Crippen LogP contribution in [0.25, 0.3) is 0 Å². The summed E-state index contributed by atoms with van der Waals surface area (Å²) in [5, 5.41) is 10.1. The van der Waals surface area contributed by atoms with Crippen molar-refractivity contribution in [2.75, 3.05) is 6.61 Å². The normalized spacial score (nSPS) is 59.5. The Morgan fingerprint density at radius 1 is 1.09 bits per heavy atom. The molecule has 3 unspecified atom stereocenters. The molecule has 1 N–H and O–H groups in total. The molecule has 2 heteroatoms. The van der Waals surface area contributed by atoms with Crippen molar-refractivity contribution >= 4 is 0 Å². The van der Waals surface area contributed by atoms with Crippen LogP contribution in [-0.4, -0.2) is 23.4 Å². The number of aliphatic hydroxyl groups excluding tert-OH is 1. The van der Waals surface area contributed by atoms with Gasteiger partial charge in [0, 0.05) is 5.41 Å². The highest BCUT2D eigenvalue weighted by atomic mass is 16.6. The van der Waals surface area contributed by atoms with Gasteiger partial charge in [0.05, 0.1) is 18.3 Å². The first-order valence-electron chi connectivity index (χ1n) is 9.50. The Morgan fingerprint density at radius 3 is 2.64 bits per heavy atom. The van der Waals surface area contributed by atoms with Gasteiger partial charge in [-0.3, -0.25) is 0 Å². The summed E-state index contributed by atoms with van der Waals surface area (Å²) in [6, 6.07) is 0. The lowest BCUT2D eigenvalue weighted by atomic mass is 9.47. The minimum atomic E-state index is -0.0839. The third-order valence-electron chi connectivity index (χ3n) is 8.86. The van der Waals surface area contributed by atoms with Crippen LogP contribution < -0.4 is 0 Å². The van der Waals surface area contributed by atoms with Gasteiger partial charge in [-0.05, 0) is 74.5 Å². The molecular weight excluding hydrogens is 272 g/mol. The average molecular weight is 302 g/mol. The van der Waals surface area contributed by atoms with E-state index in [0.717, 1.165) is 37.2 Å². The van der Waals surface area contributed by atoms with Gasteiger partial charge in [0.15, 0.2) is 0 Å². The second kappa shape index (κ2) is 4.19. The van der Waals surface area contributed by atoms with E-state index in [-0.39, 0.29) is 11.7 Å². The first-order valence-corrected chi connectivity index (χ1v) is 9.50. The van der Waals surface area contributed by atoms with E-state index in [1.807, 2.05) is 0 Å². The van der Waals surface area contributed by atoms with Gasteiger partial charge >= 0.3 is 0 Å². The van der Waals surface area contributed by atoms with Gasteiger partial charge in [-0.25, -0.2) is 0 Å². The van der Waals surface area contributed by atoms with Gasteiger partial charge in [0.1, 0.15) is 0 Å². The molecule has 3 saturated carbocycles. The lowest BCUT2D eigenvalue weighted by molar-refractivity contribution is -0.0556. The summed E-state index contributed by atoms with van der Waals surface area (Å²) in [4.78, 5) is 0. The third-order valence-corrected chi connectivity index (χ3v) is 8.86. The van der Waals surface area contributed by atoms with Crippen LogP contribution in [0.4, 0.5) is 0 Å². The monoisotopic (exact) mass is 302 g/mol. The van der Waals surface area contributed by atoms with Gasteiger partial charge in [0.25, 0.3) is 0 Å². The molecule has 7 atom stereocenters. The quantitative estimate of drug-likeness (QED) is 0.540. The molecule has 0 radical (unpaired) electrons. The molecule has 2 nitrogen and oxygen atoms in total. The van der Waals surface area contributed by atoms with E-state index >= 15 is 0 Å². The minimum Gasteiger partial charge on any atom is -0.393 e. The summed E-state index contributed by atoms with van der Waals surface area (Å²) in [5.41, 5.74) is 2.69. The zero-order valence-electron chi connectivity index (χ0n) is 14.1. The predicted molar refractivity (Wildman–Crippen MR) is 86.4 cm³/mol. The van der Waals surface area contributed by atoms with Crippen molar-refractivity contribution in [3.63, 3.8) is 0 Å². The number of allylic oxidation sites excluding steroid dienone is 1. The molecule has 1 aliphatic heterocycles. The number of rotatable bonds is 0. The number of fused-ring (bicyclic) bond motifs is 6. The van der Waals surface area contributed by atoms with Gasteiger partial charge in [-0.15, -0.1) is 0 Å². The molecular formula is C20H30O2. The molecule has 4 aliphatic carbocycles. The molecule has 0 aromatic rings. The maximum absolute atomic E-state index is 10.1. The SMILES string of the molecule is C[C@]12CC[C@H](O)CC1=CCC1C2CC[C@@]2(C)C1CC[C@@]21CO1. The summed E-state index contributed by atoms with van der Waals surface area (Å²) >= 11 is 0. The topological polar surface area (TPSA) is 32.8 Å². The zero-order chi connectivity index (χ0) is 15.2. The van der Waals surface area contributed by atoms with Crippen LogP contribution in [0.3, 0.4) is 0 Å². The fraction of sp³-hybridized carbons (Fsp3) is 0.900. The van der Waals surface area contributed by atoms with Gasteiger partial charge < -0.3 is 9.84 Å². The first kappa shape index (κ1) is 14.0. The Kier molecular flexibility index (Phi) is 2.67. The third kappa shape index (κ3) is 1.54. The standard InChI is InChI=1S/C20H30O2/c1-18-8-5-14(21)11-13(18)3-4-15-16(18)6-9-19(2)17(15)7-10-20(19)12-22-20/h3,14-17,21H,4-12H2,1-2H3/t14-,15?,16?,17?,18-,19-,20+/m0/s1. The maximum atomic E-state index is 10.1. The summed E-state index contributed by atoms with van der Waals surface area (Å²) in [6.07, 6.45) is 12.3. The van der Waals surface area contributed by atoms with Gasteiger partial charge in [0.2, 0.25) is 0 Å². The lowest BCUT2D eigenvalue weighted by Gasteiger charge is -2.57. The smallest absolute Gasteiger partial charge is 0.0972 e. The van der Waals surface area contributed by atoms with Crippen molar-refractivity contribution in [3.05, 3.63) is 11.6 Å². The average Bonchev–Trinajstić information content (AvgIpc) is 3.22. The van der Waals surface area contributed by atoms with Crippen molar-refractivity contribution in [1.29, 1.82) is 0 Å². The molecule has 0 aromatic heterocycles. The Bertz CT molecular complexity index is 534. The molecule has 22 heavy (non-hydrogen) atoms. The van der Waals surface area contributed by atoms with Crippen LogP contribution in [0.15, 0.2) is 11.6 Å².